The molecule has 1 aromatic heterocycles. The largest absolute Gasteiger partial charge is 0.496 e. The first kappa shape index (κ1) is 26.4. The highest BCUT2D eigenvalue weighted by molar-refractivity contribution is 7.91. The van der Waals surface area contributed by atoms with Gasteiger partial charge in [0, 0.05) is 23.2 Å². The number of ether oxygens (including phenoxy) is 1. The molecule has 3 aromatic carbocycles. The highest BCUT2D eigenvalue weighted by Gasteiger charge is 2.24. The Labute approximate surface area is 220 Å². The van der Waals surface area contributed by atoms with Crippen LogP contribution in [-0.4, -0.2) is 37.3 Å². The van der Waals surface area contributed by atoms with Crippen LogP contribution in [-0.2, 0) is 27.5 Å². The SMILES string of the molecule is COc1ccc(Nc2nccs2)cc1CCc1ccc(S(=O)(=O)C[C@@H](CC(=O)O)c2ccccc2)cc1. The van der Waals surface area contributed by atoms with Crippen molar-refractivity contribution in [1.82, 2.24) is 4.98 Å². The van der Waals surface area contributed by atoms with E-state index in [1.54, 1.807) is 49.7 Å². The van der Waals surface area contributed by atoms with Gasteiger partial charge in [-0.2, -0.15) is 0 Å². The van der Waals surface area contributed by atoms with Crippen molar-refractivity contribution in [3.63, 3.8) is 0 Å². The third kappa shape index (κ3) is 7.18. The molecule has 0 fully saturated rings. The second-order valence-corrected chi connectivity index (χ2v) is 11.5. The van der Waals surface area contributed by atoms with Gasteiger partial charge in [-0.05, 0) is 59.9 Å². The van der Waals surface area contributed by atoms with Crippen molar-refractivity contribution in [3.8, 4) is 5.75 Å². The number of aromatic nitrogens is 1. The number of nitrogens with zero attached hydrogens (tertiary/aromatic N) is 1. The number of anilines is 2. The Kier molecular flexibility index (Phi) is 8.58. The van der Waals surface area contributed by atoms with Crippen molar-refractivity contribution in [2.75, 3.05) is 18.2 Å². The molecule has 9 heteroatoms. The molecule has 0 aliphatic rings. The summed E-state index contributed by atoms with van der Waals surface area (Å²) >= 11 is 1.52. The van der Waals surface area contributed by atoms with E-state index in [-0.39, 0.29) is 17.1 Å². The second kappa shape index (κ2) is 12.0. The van der Waals surface area contributed by atoms with Crippen molar-refractivity contribution >= 4 is 38.0 Å². The summed E-state index contributed by atoms with van der Waals surface area (Å²) in [6.45, 7) is 0. The number of thiazole rings is 1. The molecule has 0 saturated carbocycles. The Hall–Kier alpha value is -3.69. The Morgan fingerprint density at radius 1 is 1.05 bits per heavy atom. The summed E-state index contributed by atoms with van der Waals surface area (Å²) in [5.41, 5.74) is 3.64. The summed E-state index contributed by atoms with van der Waals surface area (Å²) in [5.74, 6) is -1.13. The van der Waals surface area contributed by atoms with E-state index in [0.717, 1.165) is 27.7 Å². The molecule has 2 N–H and O–H groups in total. The number of carboxylic acids is 1. The van der Waals surface area contributed by atoms with Crippen molar-refractivity contribution in [2.45, 2.75) is 30.1 Å². The number of benzene rings is 3. The van der Waals surface area contributed by atoms with Crippen LogP contribution in [0.2, 0.25) is 0 Å². The van der Waals surface area contributed by atoms with Gasteiger partial charge in [0.15, 0.2) is 15.0 Å². The van der Waals surface area contributed by atoms with E-state index >= 15 is 0 Å². The van der Waals surface area contributed by atoms with Crippen LogP contribution in [0.5, 0.6) is 5.75 Å². The molecule has 4 rings (SSSR count). The zero-order chi connectivity index (χ0) is 26.3. The maximum Gasteiger partial charge on any atom is 0.303 e. The first-order valence-corrected chi connectivity index (χ1v) is 14.3. The molecule has 0 bridgehead atoms. The molecule has 4 aromatic rings. The van der Waals surface area contributed by atoms with E-state index < -0.39 is 21.7 Å². The van der Waals surface area contributed by atoms with E-state index in [1.165, 1.54) is 11.3 Å². The van der Waals surface area contributed by atoms with Gasteiger partial charge in [-0.15, -0.1) is 11.3 Å². The summed E-state index contributed by atoms with van der Waals surface area (Å²) in [6.07, 6.45) is 2.90. The number of rotatable bonds is 12. The fraction of sp³-hybridized carbons (Fsp3) is 0.214. The third-order valence-corrected chi connectivity index (χ3v) is 8.56. The number of methoxy groups -OCH3 is 1. The monoisotopic (exact) mass is 536 g/mol. The maximum atomic E-state index is 13.1. The number of aliphatic carboxylic acids is 1. The van der Waals surface area contributed by atoms with E-state index in [2.05, 4.69) is 10.3 Å². The number of sulfone groups is 1. The van der Waals surface area contributed by atoms with Crippen LogP contribution in [0.25, 0.3) is 0 Å². The molecule has 0 saturated heterocycles. The van der Waals surface area contributed by atoms with Gasteiger partial charge in [-0.25, -0.2) is 13.4 Å². The predicted molar refractivity (Wildman–Crippen MR) is 146 cm³/mol. The molecule has 0 amide bonds. The van der Waals surface area contributed by atoms with Gasteiger partial charge in [0.25, 0.3) is 0 Å². The molecular formula is C28H28N2O5S2. The van der Waals surface area contributed by atoms with E-state index in [0.29, 0.717) is 18.4 Å². The number of carbonyl (C=O) groups is 1. The number of aryl methyl sites for hydroxylation is 2. The van der Waals surface area contributed by atoms with Crippen molar-refractivity contribution in [3.05, 3.63) is 101 Å². The lowest BCUT2D eigenvalue weighted by Crippen LogP contribution is -2.18. The molecule has 0 aliphatic carbocycles. The smallest absolute Gasteiger partial charge is 0.303 e. The lowest BCUT2D eigenvalue weighted by Gasteiger charge is -2.16. The van der Waals surface area contributed by atoms with Gasteiger partial charge in [0.05, 0.1) is 24.2 Å². The first-order valence-electron chi connectivity index (χ1n) is 11.8. The highest BCUT2D eigenvalue weighted by atomic mass is 32.2. The number of hydrogen-bond donors (Lipinski definition) is 2. The standard InChI is InChI=1S/C28H28N2O5S2/c1-35-26-14-11-24(30-28-29-15-16-36-28)17-22(26)10-7-20-8-12-25(13-9-20)37(33,34)19-23(18-27(31)32)21-5-3-2-4-6-21/h2-6,8-9,11-17,23H,7,10,18-19H2,1H3,(H,29,30)(H,31,32)/t23-/m1/s1. The average Bonchev–Trinajstić information content (AvgIpc) is 3.40. The molecule has 0 spiro atoms. The molecule has 1 atom stereocenters. The van der Waals surface area contributed by atoms with Crippen LogP contribution in [0.3, 0.4) is 0 Å². The van der Waals surface area contributed by atoms with Gasteiger partial charge in [0.1, 0.15) is 5.75 Å². The molecule has 0 radical (unpaired) electrons. The highest BCUT2D eigenvalue weighted by Crippen LogP contribution is 2.28. The summed E-state index contributed by atoms with van der Waals surface area (Å²) in [6, 6.07) is 21.6. The number of carboxylic acid groups (broad SMARTS) is 1. The minimum Gasteiger partial charge on any atom is -0.496 e. The lowest BCUT2D eigenvalue weighted by atomic mass is 9.98. The van der Waals surface area contributed by atoms with Crippen LogP contribution in [0.4, 0.5) is 10.8 Å². The average molecular weight is 537 g/mol. The summed E-state index contributed by atoms with van der Waals surface area (Å²) in [7, 11) is -2.04. The van der Waals surface area contributed by atoms with Crippen LogP contribution in [0.15, 0.2) is 89.3 Å². The molecule has 7 nitrogen and oxygen atoms in total. The van der Waals surface area contributed by atoms with Crippen LogP contribution in [0, 0.1) is 0 Å². The fourth-order valence-electron chi connectivity index (χ4n) is 4.17. The third-order valence-electron chi connectivity index (χ3n) is 6.04. The second-order valence-electron chi connectivity index (χ2n) is 8.62. The van der Waals surface area contributed by atoms with Crippen LogP contribution in [0.1, 0.15) is 29.0 Å². The van der Waals surface area contributed by atoms with E-state index in [4.69, 9.17) is 4.74 Å². The summed E-state index contributed by atoms with van der Waals surface area (Å²) < 4.78 is 31.8. The van der Waals surface area contributed by atoms with Crippen LogP contribution < -0.4 is 10.1 Å². The van der Waals surface area contributed by atoms with Gasteiger partial charge in [0.2, 0.25) is 0 Å². The normalized spacial score (nSPS) is 12.1. The summed E-state index contributed by atoms with van der Waals surface area (Å²) in [4.78, 5) is 15.8. The number of hydrogen-bond acceptors (Lipinski definition) is 7. The maximum absolute atomic E-state index is 13.1. The zero-order valence-electron chi connectivity index (χ0n) is 20.3. The number of nitrogens with one attached hydrogen (secondary N) is 1. The van der Waals surface area contributed by atoms with Gasteiger partial charge in [-0.1, -0.05) is 42.5 Å². The Balaban J connectivity index is 1.44. The van der Waals surface area contributed by atoms with Crippen molar-refractivity contribution in [2.24, 2.45) is 0 Å². The fourth-order valence-corrected chi connectivity index (χ4v) is 6.31. The van der Waals surface area contributed by atoms with E-state index in [9.17, 15) is 18.3 Å². The van der Waals surface area contributed by atoms with Gasteiger partial charge in [-0.3, -0.25) is 4.79 Å². The van der Waals surface area contributed by atoms with E-state index in [1.807, 2.05) is 41.8 Å². The minimum absolute atomic E-state index is 0.190. The van der Waals surface area contributed by atoms with Crippen LogP contribution >= 0.6 is 11.3 Å². The lowest BCUT2D eigenvalue weighted by molar-refractivity contribution is -0.137. The first-order chi connectivity index (χ1) is 17.8. The topological polar surface area (TPSA) is 106 Å². The molecule has 1 heterocycles. The Bertz CT molecular complexity index is 1420. The quantitative estimate of drug-likeness (QED) is 0.239. The Morgan fingerprint density at radius 2 is 1.81 bits per heavy atom. The Morgan fingerprint density at radius 3 is 2.46 bits per heavy atom. The summed E-state index contributed by atoms with van der Waals surface area (Å²) in [5, 5.41) is 15.3. The van der Waals surface area contributed by atoms with Crippen molar-refractivity contribution in [1.29, 1.82) is 0 Å². The predicted octanol–water partition coefficient (Wildman–Crippen LogP) is 5.71. The molecule has 192 valence electrons. The molecule has 0 aliphatic heterocycles. The molecular weight excluding hydrogens is 508 g/mol. The zero-order valence-corrected chi connectivity index (χ0v) is 22.0. The molecule has 0 unspecified atom stereocenters. The minimum atomic E-state index is -3.67. The van der Waals surface area contributed by atoms with Gasteiger partial charge < -0.3 is 15.2 Å². The van der Waals surface area contributed by atoms with Crippen molar-refractivity contribution < 1.29 is 23.1 Å². The van der Waals surface area contributed by atoms with Gasteiger partial charge >= 0.3 is 5.97 Å². The molecule has 37 heavy (non-hydrogen) atoms.